The first-order valence-electron chi connectivity index (χ1n) is 12.5. The largest absolute Gasteiger partial charge is 0.497 e. The number of nitrogens with zero attached hydrogens (tertiary/aromatic N) is 1. The van der Waals surface area contributed by atoms with Gasteiger partial charge in [0.1, 0.15) is 23.4 Å². The van der Waals surface area contributed by atoms with Crippen molar-refractivity contribution in [1.82, 2.24) is 4.90 Å². The number of anilines is 1. The van der Waals surface area contributed by atoms with E-state index in [2.05, 4.69) is 5.32 Å². The molecule has 0 heterocycles. The van der Waals surface area contributed by atoms with Crippen LogP contribution in [0.1, 0.15) is 28.3 Å². The number of methoxy groups -OCH3 is 2. The fraction of sp³-hybridized carbons (Fsp3) is 0.188. The molecule has 200 valence electrons. The molecule has 1 unspecified atom stereocenters. The molecule has 0 spiro atoms. The van der Waals surface area contributed by atoms with Crippen molar-refractivity contribution in [3.8, 4) is 11.5 Å². The number of amides is 2. The third kappa shape index (κ3) is 7.02. The minimum atomic E-state index is -0.973. The number of hydrogen-bond acceptors (Lipinski definition) is 4. The molecule has 4 aromatic carbocycles. The van der Waals surface area contributed by atoms with Gasteiger partial charge in [0.2, 0.25) is 5.91 Å². The molecule has 0 bridgehead atoms. The van der Waals surface area contributed by atoms with Gasteiger partial charge in [-0.15, -0.1) is 0 Å². The maximum Gasteiger partial charge on any atom is 0.251 e. The minimum Gasteiger partial charge on any atom is -0.497 e. The molecule has 0 radical (unpaired) electrons. The summed E-state index contributed by atoms with van der Waals surface area (Å²) in [7, 11) is 3.05. The van der Waals surface area contributed by atoms with Gasteiger partial charge in [0.25, 0.3) is 5.91 Å². The lowest BCUT2D eigenvalue weighted by Crippen LogP contribution is -2.41. The van der Waals surface area contributed by atoms with Crippen molar-refractivity contribution < 1.29 is 23.5 Å². The van der Waals surface area contributed by atoms with Crippen molar-refractivity contribution in [2.75, 3.05) is 19.5 Å². The van der Waals surface area contributed by atoms with Gasteiger partial charge in [0.15, 0.2) is 0 Å². The van der Waals surface area contributed by atoms with Crippen LogP contribution in [0.2, 0.25) is 0 Å². The summed E-state index contributed by atoms with van der Waals surface area (Å²) in [6.45, 7) is 2.07. The predicted octanol–water partition coefficient (Wildman–Crippen LogP) is 6.10. The molecular weight excluding hydrogens is 495 g/mol. The molecule has 0 saturated heterocycles. The maximum atomic E-state index is 14.0. The molecule has 0 aliphatic carbocycles. The van der Waals surface area contributed by atoms with Crippen LogP contribution < -0.4 is 14.8 Å². The number of rotatable bonds is 10. The Balaban J connectivity index is 1.75. The summed E-state index contributed by atoms with van der Waals surface area (Å²) >= 11 is 0. The van der Waals surface area contributed by atoms with E-state index in [-0.39, 0.29) is 24.7 Å². The molecular formula is C32H31FN2O4. The van der Waals surface area contributed by atoms with E-state index in [4.69, 9.17) is 9.47 Å². The van der Waals surface area contributed by atoms with Crippen LogP contribution in [0.3, 0.4) is 0 Å². The average molecular weight is 527 g/mol. The molecule has 0 fully saturated rings. The van der Waals surface area contributed by atoms with Crippen LogP contribution in [0.25, 0.3) is 0 Å². The van der Waals surface area contributed by atoms with Crippen molar-refractivity contribution in [3.05, 3.63) is 125 Å². The van der Waals surface area contributed by atoms with E-state index in [9.17, 15) is 14.0 Å². The molecule has 0 saturated carbocycles. The maximum absolute atomic E-state index is 14.0. The average Bonchev–Trinajstić information content (AvgIpc) is 2.95. The van der Waals surface area contributed by atoms with Crippen LogP contribution in [-0.2, 0) is 22.6 Å². The first-order chi connectivity index (χ1) is 18.9. The van der Waals surface area contributed by atoms with Gasteiger partial charge in [-0.2, -0.15) is 0 Å². The molecule has 1 atom stereocenters. The first-order valence-corrected chi connectivity index (χ1v) is 12.5. The smallest absolute Gasteiger partial charge is 0.251 e. The number of hydrogen-bond donors (Lipinski definition) is 1. The van der Waals surface area contributed by atoms with Crippen LogP contribution in [0.4, 0.5) is 10.1 Å². The van der Waals surface area contributed by atoms with Gasteiger partial charge in [-0.1, -0.05) is 72.3 Å². The van der Waals surface area contributed by atoms with E-state index < -0.39 is 11.9 Å². The Kier molecular flexibility index (Phi) is 8.94. The van der Waals surface area contributed by atoms with E-state index in [0.29, 0.717) is 28.3 Å². The Morgan fingerprint density at radius 1 is 0.846 bits per heavy atom. The summed E-state index contributed by atoms with van der Waals surface area (Å²) < 4.78 is 24.4. The number of halogens is 1. The highest BCUT2D eigenvalue weighted by atomic mass is 19.1. The highest BCUT2D eigenvalue weighted by Gasteiger charge is 2.32. The zero-order chi connectivity index (χ0) is 27.8. The van der Waals surface area contributed by atoms with Crippen LogP contribution in [0.15, 0.2) is 97.1 Å². The van der Waals surface area contributed by atoms with Gasteiger partial charge in [-0.05, 0) is 47.9 Å². The standard InChI is InChI=1S/C32H31FN2O4/c1-22-9-13-25(14-10-22)31(32(37)34-28-18-17-27(38-2)20-29(28)39-3)35(21-24-11-15-26(33)16-12-24)30(36)19-23-7-5-4-6-8-23/h4-18,20,31H,19,21H2,1-3H3,(H,34,37). The summed E-state index contributed by atoms with van der Waals surface area (Å²) in [5.74, 6) is -0.0268. The van der Waals surface area contributed by atoms with E-state index in [1.54, 1.807) is 37.4 Å². The third-order valence-corrected chi connectivity index (χ3v) is 6.40. The SMILES string of the molecule is COc1ccc(NC(=O)C(c2ccc(C)cc2)N(Cc2ccc(F)cc2)C(=O)Cc2ccccc2)c(OC)c1. The highest BCUT2D eigenvalue weighted by molar-refractivity contribution is 5.99. The fourth-order valence-corrected chi connectivity index (χ4v) is 4.31. The number of aryl methyl sites for hydroxylation is 1. The molecule has 1 N–H and O–H groups in total. The van der Waals surface area contributed by atoms with Crippen molar-refractivity contribution >= 4 is 17.5 Å². The molecule has 4 aromatic rings. The topological polar surface area (TPSA) is 67.9 Å². The van der Waals surface area contributed by atoms with Gasteiger partial charge >= 0.3 is 0 Å². The Hall–Kier alpha value is -4.65. The lowest BCUT2D eigenvalue weighted by Gasteiger charge is -2.32. The van der Waals surface area contributed by atoms with Crippen LogP contribution in [0.5, 0.6) is 11.5 Å². The summed E-state index contributed by atoms with van der Waals surface area (Å²) in [6, 6.07) is 26.9. The van der Waals surface area contributed by atoms with Gasteiger partial charge < -0.3 is 19.7 Å². The highest BCUT2D eigenvalue weighted by Crippen LogP contribution is 2.32. The van der Waals surface area contributed by atoms with Gasteiger partial charge in [-0.3, -0.25) is 9.59 Å². The molecule has 0 aliphatic rings. The summed E-state index contributed by atoms with van der Waals surface area (Å²) in [4.78, 5) is 29.4. The minimum absolute atomic E-state index is 0.101. The Morgan fingerprint density at radius 2 is 1.54 bits per heavy atom. The lowest BCUT2D eigenvalue weighted by molar-refractivity contribution is -0.139. The monoisotopic (exact) mass is 526 g/mol. The Labute approximate surface area is 228 Å². The van der Waals surface area contributed by atoms with Crippen LogP contribution in [0, 0.1) is 12.7 Å². The summed E-state index contributed by atoms with van der Waals surface area (Å²) in [5.41, 5.74) is 3.64. The van der Waals surface area contributed by atoms with Crippen molar-refractivity contribution in [3.63, 3.8) is 0 Å². The van der Waals surface area contributed by atoms with Crippen LogP contribution >= 0.6 is 0 Å². The quantitative estimate of drug-likeness (QED) is 0.271. The molecule has 2 amide bonds. The number of nitrogens with one attached hydrogen (secondary N) is 1. The second kappa shape index (κ2) is 12.7. The fourth-order valence-electron chi connectivity index (χ4n) is 4.31. The normalized spacial score (nSPS) is 11.4. The molecule has 39 heavy (non-hydrogen) atoms. The van der Waals surface area contributed by atoms with E-state index >= 15 is 0 Å². The van der Waals surface area contributed by atoms with Gasteiger partial charge in [-0.25, -0.2) is 4.39 Å². The molecule has 6 nitrogen and oxygen atoms in total. The second-order valence-electron chi connectivity index (χ2n) is 9.18. The summed E-state index contributed by atoms with van der Waals surface area (Å²) in [5, 5.41) is 2.95. The molecule has 0 aliphatic heterocycles. The lowest BCUT2D eigenvalue weighted by atomic mass is 10.00. The van der Waals surface area contributed by atoms with E-state index in [0.717, 1.165) is 11.1 Å². The molecule has 4 rings (SSSR count). The van der Waals surface area contributed by atoms with Crippen molar-refractivity contribution in [2.24, 2.45) is 0 Å². The Bertz CT molecular complexity index is 1410. The molecule has 0 aromatic heterocycles. The first kappa shape index (κ1) is 27.4. The van der Waals surface area contributed by atoms with Crippen molar-refractivity contribution in [2.45, 2.75) is 25.9 Å². The summed E-state index contributed by atoms with van der Waals surface area (Å²) in [6.07, 6.45) is 0.101. The number of carbonyl (C=O) groups is 2. The number of ether oxygens (including phenoxy) is 2. The predicted molar refractivity (Wildman–Crippen MR) is 149 cm³/mol. The number of benzene rings is 4. The zero-order valence-electron chi connectivity index (χ0n) is 22.2. The van der Waals surface area contributed by atoms with E-state index in [1.807, 2.05) is 61.5 Å². The van der Waals surface area contributed by atoms with Crippen LogP contribution in [-0.4, -0.2) is 30.9 Å². The zero-order valence-corrected chi connectivity index (χ0v) is 22.2. The second-order valence-corrected chi connectivity index (χ2v) is 9.18. The third-order valence-electron chi connectivity index (χ3n) is 6.40. The van der Waals surface area contributed by atoms with E-state index in [1.165, 1.54) is 24.1 Å². The van der Waals surface area contributed by atoms with Gasteiger partial charge in [0.05, 0.1) is 26.3 Å². The molecule has 7 heteroatoms. The van der Waals surface area contributed by atoms with Gasteiger partial charge in [0, 0.05) is 12.6 Å². The van der Waals surface area contributed by atoms with Crippen molar-refractivity contribution in [1.29, 1.82) is 0 Å². The Morgan fingerprint density at radius 3 is 2.18 bits per heavy atom. The number of carbonyl (C=O) groups excluding carboxylic acids is 2.